The Morgan fingerprint density at radius 3 is 2.03 bits per heavy atom. The van der Waals surface area contributed by atoms with E-state index in [1.165, 1.54) is 4.90 Å². The van der Waals surface area contributed by atoms with E-state index in [1.54, 1.807) is 23.1 Å². The molecule has 6 unspecified atom stereocenters. The van der Waals surface area contributed by atoms with Crippen molar-refractivity contribution in [2.24, 2.45) is 35.5 Å². The van der Waals surface area contributed by atoms with Crippen LogP contribution in [-0.2, 0) is 22.4 Å². The smallest absolute Gasteiger partial charge is 0.259 e. The zero-order chi connectivity index (χ0) is 26.2. The van der Waals surface area contributed by atoms with Crippen LogP contribution in [-0.4, -0.2) is 29.3 Å². The molecule has 5 nitrogen and oxygen atoms in total. The van der Waals surface area contributed by atoms with Gasteiger partial charge in [-0.1, -0.05) is 65.1 Å². The van der Waals surface area contributed by atoms with Crippen molar-refractivity contribution in [1.82, 2.24) is 4.90 Å². The highest BCUT2D eigenvalue weighted by Crippen LogP contribution is 2.65. The number of benzene rings is 2. The van der Waals surface area contributed by atoms with Crippen LogP contribution in [0.25, 0.3) is 0 Å². The molecule has 2 aromatic carbocycles. The van der Waals surface area contributed by atoms with Crippen LogP contribution in [0, 0.1) is 35.5 Å². The molecule has 3 amide bonds. The first-order valence-electron chi connectivity index (χ1n) is 12.9. The van der Waals surface area contributed by atoms with E-state index in [-0.39, 0.29) is 53.1 Å². The molecule has 0 spiro atoms. The summed E-state index contributed by atoms with van der Waals surface area (Å²) in [5.41, 5.74) is 3.00. The molecule has 8 heteroatoms. The van der Waals surface area contributed by atoms with Gasteiger partial charge in [-0.15, -0.1) is 0 Å². The van der Waals surface area contributed by atoms with Gasteiger partial charge in [0.25, 0.3) is 5.91 Å². The fourth-order valence-electron chi connectivity index (χ4n) is 6.92. The molecule has 4 aliphatic carbocycles. The molecule has 0 aromatic heterocycles. The first-order chi connectivity index (χ1) is 17.7. The molecule has 6 atom stereocenters. The SMILES string of the molecule is CCc1cc(Br)cc(CC)c1N(CN1C(=O)C2C3C=CC(C4CC34)C2C1=O)C(=O)c1ccc(Cl)c(Cl)c1. The van der Waals surface area contributed by atoms with Gasteiger partial charge in [-0.25, -0.2) is 0 Å². The minimum Gasteiger partial charge on any atom is -0.289 e. The van der Waals surface area contributed by atoms with Gasteiger partial charge in [0.2, 0.25) is 11.8 Å². The Morgan fingerprint density at radius 1 is 0.946 bits per heavy atom. The molecular formula is C29H27BrCl2N2O3. The molecule has 7 rings (SSSR count). The summed E-state index contributed by atoms with van der Waals surface area (Å²) in [5, 5.41) is 0.628. The van der Waals surface area contributed by atoms with Crippen molar-refractivity contribution in [3.05, 3.63) is 73.7 Å². The van der Waals surface area contributed by atoms with Crippen LogP contribution < -0.4 is 4.90 Å². The van der Waals surface area contributed by atoms with Crippen molar-refractivity contribution in [3.8, 4) is 0 Å². The molecule has 37 heavy (non-hydrogen) atoms. The van der Waals surface area contributed by atoms with E-state index in [0.29, 0.717) is 35.3 Å². The van der Waals surface area contributed by atoms with Gasteiger partial charge >= 0.3 is 0 Å². The number of rotatable bonds is 6. The van der Waals surface area contributed by atoms with Crippen LogP contribution in [0.1, 0.15) is 41.8 Å². The average Bonchev–Trinajstić information content (AvgIpc) is 3.68. The lowest BCUT2D eigenvalue weighted by Crippen LogP contribution is -2.46. The molecule has 2 saturated carbocycles. The zero-order valence-corrected chi connectivity index (χ0v) is 23.7. The first-order valence-corrected chi connectivity index (χ1v) is 14.4. The zero-order valence-electron chi connectivity index (χ0n) is 20.6. The lowest BCUT2D eigenvalue weighted by atomic mass is 9.63. The molecular weight excluding hydrogens is 575 g/mol. The number of anilines is 1. The number of halogens is 3. The molecule has 1 aliphatic heterocycles. The van der Waals surface area contributed by atoms with Crippen molar-refractivity contribution in [2.45, 2.75) is 33.1 Å². The van der Waals surface area contributed by atoms with E-state index in [0.717, 1.165) is 27.7 Å². The maximum Gasteiger partial charge on any atom is 0.259 e. The van der Waals surface area contributed by atoms with Gasteiger partial charge in [0.1, 0.15) is 6.67 Å². The monoisotopic (exact) mass is 600 g/mol. The summed E-state index contributed by atoms with van der Waals surface area (Å²) in [4.78, 5) is 44.6. The van der Waals surface area contributed by atoms with Crippen LogP contribution in [0.5, 0.6) is 0 Å². The Bertz CT molecular complexity index is 1310. The van der Waals surface area contributed by atoms with Gasteiger partial charge in [-0.05, 0) is 84.4 Å². The van der Waals surface area contributed by atoms with Crippen molar-refractivity contribution in [2.75, 3.05) is 11.6 Å². The second-order valence-corrected chi connectivity index (χ2v) is 12.3. The second kappa shape index (κ2) is 9.25. The number of imide groups is 1. The molecule has 1 heterocycles. The quantitative estimate of drug-likeness (QED) is 0.279. The molecule has 1 saturated heterocycles. The molecule has 5 aliphatic rings. The van der Waals surface area contributed by atoms with Crippen LogP contribution in [0.3, 0.4) is 0 Å². The molecule has 192 valence electrons. The predicted molar refractivity (Wildman–Crippen MR) is 148 cm³/mol. The number of likely N-dealkylation sites (tertiary alicyclic amines) is 1. The molecule has 3 fully saturated rings. The van der Waals surface area contributed by atoms with Gasteiger partial charge in [-0.3, -0.25) is 24.2 Å². The Hall–Kier alpha value is -2.15. The number of hydrogen-bond donors (Lipinski definition) is 0. The highest BCUT2D eigenvalue weighted by Gasteiger charge is 2.67. The largest absolute Gasteiger partial charge is 0.289 e. The molecule has 0 radical (unpaired) electrons. The van der Waals surface area contributed by atoms with Gasteiger partial charge in [-0.2, -0.15) is 0 Å². The topological polar surface area (TPSA) is 57.7 Å². The van der Waals surface area contributed by atoms with Crippen molar-refractivity contribution < 1.29 is 14.4 Å². The number of carbonyl (C=O) groups excluding carboxylic acids is 3. The Morgan fingerprint density at radius 2 is 1.51 bits per heavy atom. The van der Waals surface area contributed by atoms with E-state index in [4.69, 9.17) is 23.2 Å². The summed E-state index contributed by atoms with van der Waals surface area (Å²) in [6.07, 6.45) is 6.78. The molecule has 2 bridgehead atoms. The Labute approximate surface area is 234 Å². The van der Waals surface area contributed by atoms with Gasteiger partial charge in [0.05, 0.1) is 27.6 Å². The van der Waals surface area contributed by atoms with E-state index >= 15 is 0 Å². The standard InChI is InChI=1S/C29H27BrCl2N2O3/c1-3-14-9-17(30)10-15(4-2)26(14)33(27(35)16-5-8-22(31)23(32)11-16)13-34-28(36)24-18-6-7-19(21-12-20(18)21)25(24)29(34)37/h5-11,18-21,24-25H,3-4,12-13H2,1-2H3. The summed E-state index contributed by atoms with van der Waals surface area (Å²) in [7, 11) is 0. The third kappa shape index (κ3) is 3.90. The third-order valence-corrected chi connectivity index (χ3v) is 9.91. The van der Waals surface area contributed by atoms with Crippen LogP contribution in [0.4, 0.5) is 5.69 Å². The average molecular weight is 602 g/mol. The van der Waals surface area contributed by atoms with Crippen LogP contribution in [0.2, 0.25) is 10.0 Å². The molecule has 2 aromatic rings. The summed E-state index contributed by atoms with van der Waals surface area (Å²) in [6.45, 7) is 3.94. The van der Waals surface area contributed by atoms with E-state index in [2.05, 4.69) is 28.1 Å². The van der Waals surface area contributed by atoms with Crippen molar-refractivity contribution in [1.29, 1.82) is 0 Å². The Kier molecular flexibility index (Phi) is 6.28. The Balaban J connectivity index is 1.42. The summed E-state index contributed by atoms with van der Waals surface area (Å²) in [5.74, 6) is 0.0446. The minimum atomic E-state index is -0.329. The lowest BCUT2D eigenvalue weighted by Gasteiger charge is -2.37. The van der Waals surface area contributed by atoms with Crippen LogP contribution in [0.15, 0.2) is 47.0 Å². The van der Waals surface area contributed by atoms with Gasteiger partial charge < -0.3 is 0 Å². The number of aryl methyl sites for hydroxylation is 2. The van der Waals surface area contributed by atoms with Crippen molar-refractivity contribution >= 4 is 62.5 Å². The predicted octanol–water partition coefficient (Wildman–Crippen LogP) is 6.54. The highest BCUT2D eigenvalue weighted by molar-refractivity contribution is 9.10. The summed E-state index contributed by atoms with van der Waals surface area (Å²) >= 11 is 16.0. The second-order valence-electron chi connectivity index (χ2n) is 10.5. The third-order valence-electron chi connectivity index (χ3n) is 8.71. The lowest BCUT2D eigenvalue weighted by molar-refractivity contribution is -0.140. The maximum absolute atomic E-state index is 14.1. The maximum atomic E-state index is 14.1. The van der Waals surface area contributed by atoms with Gasteiger partial charge in [0.15, 0.2) is 0 Å². The molecule has 0 N–H and O–H groups in total. The van der Waals surface area contributed by atoms with E-state index in [9.17, 15) is 14.4 Å². The number of allylic oxidation sites excluding steroid dienone is 2. The number of carbonyl (C=O) groups is 3. The minimum absolute atomic E-state index is 0.125. The highest BCUT2D eigenvalue weighted by atomic mass is 79.9. The number of hydrogen-bond acceptors (Lipinski definition) is 3. The summed E-state index contributed by atoms with van der Waals surface area (Å²) in [6, 6.07) is 8.75. The van der Waals surface area contributed by atoms with Gasteiger partial charge in [0, 0.05) is 10.0 Å². The first kappa shape index (κ1) is 25.1. The van der Waals surface area contributed by atoms with E-state index in [1.807, 2.05) is 26.0 Å². The fourth-order valence-corrected chi connectivity index (χ4v) is 7.77. The fraction of sp³-hybridized carbons (Fsp3) is 0.414. The number of nitrogens with zero attached hydrogens (tertiary/aromatic N) is 2. The van der Waals surface area contributed by atoms with Crippen LogP contribution >= 0.6 is 39.1 Å². The summed E-state index contributed by atoms with van der Waals surface area (Å²) < 4.78 is 0.924. The normalized spacial score (nSPS) is 28.9. The number of amides is 3. The van der Waals surface area contributed by atoms with E-state index < -0.39 is 0 Å². The van der Waals surface area contributed by atoms with Crippen molar-refractivity contribution in [3.63, 3.8) is 0 Å².